The van der Waals surface area contributed by atoms with Crippen LogP contribution in [0.4, 0.5) is 14.5 Å². The molecule has 1 amide bonds. The summed E-state index contributed by atoms with van der Waals surface area (Å²) >= 11 is 0. The number of hydrogen-bond acceptors (Lipinski definition) is 5. The van der Waals surface area contributed by atoms with Crippen molar-refractivity contribution in [1.82, 2.24) is 15.3 Å². The molecule has 0 spiro atoms. The molecule has 3 N–H and O–H groups in total. The van der Waals surface area contributed by atoms with Gasteiger partial charge in [0.15, 0.2) is 0 Å². The Morgan fingerprint density at radius 1 is 1.27 bits per heavy atom. The molecule has 8 heteroatoms. The summed E-state index contributed by atoms with van der Waals surface area (Å²) in [5.41, 5.74) is 7.79. The van der Waals surface area contributed by atoms with Gasteiger partial charge >= 0.3 is 0 Å². The van der Waals surface area contributed by atoms with Crippen LogP contribution >= 0.6 is 0 Å². The van der Waals surface area contributed by atoms with Crippen LogP contribution in [-0.4, -0.2) is 35.5 Å². The minimum Gasteiger partial charge on any atom is -0.385 e. The Morgan fingerprint density at radius 2 is 2.10 bits per heavy atom. The number of halogens is 2. The van der Waals surface area contributed by atoms with Crippen molar-refractivity contribution in [2.75, 3.05) is 24.5 Å². The molecule has 1 fully saturated rings. The number of hydrogen-bond donors (Lipinski definition) is 2. The van der Waals surface area contributed by atoms with E-state index in [4.69, 9.17) is 5.73 Å². The maximum absolute atomic E-state index is 13.9. The highest BCUT2D eigenvalue weighted by Gasteiger charge is 2.25. The first-order valence-electron chi connectivity index (χ1n) is 9.59. The van der Waals surface area contributed by atoms with E-state index in [1.807, 2.05) is 6.07 Å². The summed E-state index contributed by atoms with van der Waals surface area (Å²) in [6.45, 7) is 5.99. The maximum atomic E-state index is 13.9. The number of carbonyl (C=O) groups excluding carboxylic acids is 1. The van der Waals surface area contributed by atoms with Gasteiger partial charge in [-0.25, -0.2) is 18.7 Å². The lowest BCUT2D eigenvalue weighted by molar-refractivity contribution is 0.100. The van der Waals surface area contributed by atoms with Crippen LogP contribution < -0.4 is 16.0 Å². The van der Waals surface area contributed by atoms with Gasteiger partial charge in [0.2, 0.25) is 0 Å². The van der Waals surface area contributed by atoms with Crippen LogP contribution in [0, 0.1) is 17.6 Å². The van der Waals surface area contributed by atoms with Crippen LogP contribution in [0.15, 0.2) is 49.4 Å². The summed E-state index contributed by atoms with van der Waals surface area (Å²) in [6, 6.07) is 6.87. The summed E-state index contributed by atoms with van der Waals surface area (Å²) in [5, 5.41) is 3.90. The maximum Gasteiger partial charge on any atom is 0.250 e. The number of benzene rings is 2. The molecule has 0 bridgehead atoms. The second-order valence-corrected chi connectivity index (χ2v) is 7.37. The third-order valence-corrected chi connectivity index (χ3v) is 5.40. The van der Waals surface area contributed by atoms with Gasteiger partial charge in [0.25, 0.3) is 5.91 Å². The molecule has 1 aromatic heterocycles. The number of aromatic nitrogens is 2. The first-order chi connectivity index (χ1) is 14.4. The molecule has 1 saturated heterocycles. The SMILES string of the molecule is C=C(NCC1CCN(c2ccc(C(N)=O)c3ncncc23)C1)c1cc(F)ccc1F. The first kappa shape index (κ1) is 19.8. The Morgan fingerprint density at radius 3 is 2.90 bits per heavy atom. The molecule has 2 heterocycles. The Balaban J connectivity index is 1.46. The quantitative estimate of drug-likeness (QED) is 0.654. The van der Waals surface area contributed by atoms with E-state index in [9.17, 15) is 13.6 Å². The predicted molar refractivity (Wildman–Crippen MR) is 112 cm³/mol. The molecule has 0 aliphatic carbocycles. The monoisotopic (exact) mass is 409 g/mol. The zero-order chi connectivity index (χ0) is 21.3. The fourth-order valence-electron chi connectivity index (χ4n) is 3.85. The summed E-state index contributed by atoms with van der Waals surface area (Å²) in [4.78, 5) is 22.2. The standard InChI is InChI=1S/C22H21F2N5O/c1-13(17-8-15(23)2-4-19(17)24)27-9-14-6-7-29(11-14)20-5-3-16(22(25)30)21-18(20)10-26-12-28-21/h2-5,8,10,12,14,27H,1,6-7,9,11H2,(H2,25,30). The van der Waals surface area contributed by atoms with Gasteiger partial charge in [-0.15, -0.1) is 0 Å². The average Bonchev–Trinajstić information content (AvgIpc) is 3.21. The number of nitrogens with one attached hydrogen (secondary N) is 1. The van der Waals surface area contributed by atoms with Crippen molar-refractivity contribution >= 4 is 28.2 Å². The fourth-order valence-corrected chi connectivity index (χ4v) is 3.85. The van der Waals surface area contributed by atoms with Crippen LogP contribution in [-0.2, 0) is 0 Å². The van der Waals surface area contributed by atoms with Gasteiger partial charge in [0, 0.05) is 48.2 Å². The van der Waals surface area contributed by atoms with Gasteiger partial charge in [-0.3, -0.25) is 4.79 Å². The molecular weight excluding hydrogens is 388 g/mol. The molecule has 0 saturated carbocycles. The summed E-state index contributed by atoms with van der Waals surface area (Å²) in [7, 11) is 0. The molecular formula is C22H21F2N5O. The van der Waals surface area contributed by atoms with Gasteiger partial charge in [0.1, 0.15) is 18.0 Å². The lowest BCUT2D eigenvalue weighted by atomic mass is 10.1. The van der Waals surface area contributed by atoms with Crippen molar-refractivity contribution in [3.63, 3.8) is 0 Å². The van der Waals surface area contributed by atoms with E-state index in [0.29, 0.717) is 23.3 Å². The smallest absolute Gasteiger partial charge is 0.250 e. The summed E-state index contributed by atoms with van der Waals surface area (Å²) in [6.07, 6.45) is 4.00. The van der Waals surface area contributed by atoms with Crippen molar-refractivity contribution in [3.8, 4) is 0 Å². The van der Waals surface area contributed by atoms with Gasteiger partial charge in [-0.2, -0.15) is 0 Å². The molecule has 0 radical (unpaired) electrons. The van der Waals surface area contributed by atoms with E-state index >= 15 is 0 Å². The molecule has 1 atom stereocenters. The van der Waals surface area contributed by atoms with E-state index in [-0.39, 0.29) is 11.5 Å². The summed E-state index contributed by atoms with van der Waals surface area (Å²) < 4.78 is 27.3. The molecule has 1 aliphatic heterocycles. The van der Waals surface area contributed by atoms with Gasteiger partial charge < -0.3 is 16.0 Å². The number of nitrogens with zero attached hydrogens (tertiary/aromatic N) is 3. The minimum absolute atomic E-state index is 0.134. The molecule has 4 rings (SSSR count). The second kappa shape index (κ2) is 8.06. The zero-order valence-corrected chi connectivity index (χ0v) is 16.2. The van der Waals surface area contributed by atoms with Crippen molar-refractivity contribution < 1.29 is 13.6 Å². The number of carbonyl (C=O) groups is 1. The lowest BCUT2D eigenvalue weighted by Gasteiger charge is -2.21. The first-order valence-corrected chi connectivity index (χ1v) is 9.59. The van der Waals surface area contributed by atoms with Gasteiger partial charge in [0.05, 0.1) is 11.1 Å². The lowest BCUT2D eigenvalue weighted by Crippen LogP contribution is -2.26. The van der Waals surface area contributed by atoms with Gasteiger partial charge in [-0.1, -0.05) is 6.58 Å². The molecule has 3 aromatic rings. The fraction of sp³-hybridized carbons (Fsp3) is 0.227. The Hall–Kier alpha value is -3.55. The van der Waals surface area contributed by atoms with E-state index in [1.165, 1.54) is 6.33 Å². The average molecular weight is 409 g/mol. The Labute approximate surface area is 172 Å². The van der Waals surface area contributed by atoms with Crippen LogP contribution in [0.3, 0.4) is 0 Å². The highest BCUT2D eigenvalue weighted by molar-refractivity contribution is 6.07. The number of nitrogens with two attached hydrogens (primary N) is 1. The van der Waals surface area contributed by atoms with Crippen molar-refractivity contribution in [2.45, 2.75) is 6.42 Å². The van der Waals surface area contributed by atoms with Gasteiger partial charge in [-0.05, 0) is 42.7 Å². The minimum atomic E-state index is -0.531. The highest BCUT2D eigenvalue weighted by atomic mass is 19.1. The molecule has 1 unspecified atom stereocenters. The predicted octanol–water partition coefficient (Wildman–Crippen LogP) is 3.09. The van der Waals surface area contributed by atoms with Crippen LogP contribution in [0.1, 0.15) is 22.3 Å². The zero-order valence-electron chi connectivity index (χ0n) is 16.2. The Bertz CT molecular complexity index is 1130. The van der Waals surface area contributed by atoms with Crippen molar-refractivity contribution in [3.05, 3.63) is 72.2 Å². The van der Waals surface area contributed by atoms with Crippen LogP contribution in [0.25, 0.3) is 16.6 Å². The molecule has 2 aromatic carbocycles. The van der Waals surface area contributed by atoms with Crippen molar-refractivity contribution in [2.24, 2.45) is 11.7 Å². The third-order valence-electron chi connectivity index (χ3n) is 5.40. The van der Waals surface area contributed by atoms with E-state index in [2.05, 4.69) is 26.8 Å². The molecule has 1 aliphatic rings. The highest BCUT2D eigenvalue weighted by Crippen LogP contribution is 2.31. The van der Waals surface area contributed by atoms with E-state index in [1.54, 1.807) is 12.3 Å². The summed E-state index contributed by atoms with van der Waals surface area (Å²) in [5.74, 6) is -1.26. The number of primary amides is 1. The number of amides is 1. The third kappa shape index (κ3) is 3.80. The second-order valence-electron chi connectivity index (χ2n) is 7.37. The molecule has 6 nitrogen and oxygen atoms in total. The largest absolute Gasteiger partial charge is 0.385 e. The number of rotatable bonds is 6. The van der Waals surface area contributed by atoms with Crippen LogP contribution in [0.2, 0.25) is 0 Å². The van der Waals surface area contributed by atoms with E-state index in [0.717, 1.165) is 48.8 Å². The molecule has 154 valence electrons. The number of fused-ring (bicyclic) bond motifs is 1. The van der Waals surface area contributed by atoms with E-state index < -0.39 is 17.5 Å². The topological polar surface area (TPSA) is 84.1 Å². The Kier molecular flexibility index (Phi) is 5.31. The molecule has 30 heavy (non-hydrogen) atoms. The van der Waals surface area contributed by atoms with Crippen LogP contribution in [0.5, 0.6) is 0 Å². The normalized spacial score (nSPS) is 16.1. The number of anilines is 1. The van der Waals surface area contributed by atoms with Crippen molar-refractivity contribution in [1.29, 1.82) is 0 Å².